The Morgan fingerprint density at radius 3 is 3.10 bits per heavy atom. The number of aromatic nitrogens is 2. The number of phenols is 1. The third-order valence-corrected chi connectivity index (χ3v) is 4.08. The van der Waals surface area contributed by atoms with Gasteiger partial charge in [0.25, 0.3) is 5.91 Å². The van der Waals surface area contributed by atoms with Gasteiger partial charge in [0.05, 0.1) is 10.2 Å². The van der Waals surface area contributed by atoms with Crippen molar-refractivity contribution in [1.29, 1.82) is 0 Å². The molecule has 6 nitrogen and oxygen atoms in total. The van der Waals surface area contributed by atoms with Crippen LogP contribution in [0, 0.1) is 6.92 Å². The van der Waals surface area contributed by atoms with E-state index in [1.54, 1.807) is 12.1 Å². The van der Waals surface area contributed by atoms with Gasteiger partial charge in [-0.25, -0.2) is 0 Å². The summed E-state index contributed by atoms with van der Waals surface area (Å²) in [5.41, 5.74) is 3.56. The third-order valence-electron chi connectivity index (χ3n) is 3.48. The summed E-state index contributed by atoms with van der Waals surface area (Å²) in [6.07, 6.45) is 0.830. The third kappa shape index (κ3) is 2.66. The summed E-state index contributed by atoms with van der Waals surface area (Å²) in [7, 11) is 0. The van der Waals surface area contributed by atoms with Crippen LogP contribution in [0.4, 0.5) is 5.69 Å². The summed E-state index contributed by atoms with van der Waals surface area (Å²) in [6.45, 7) is 3.39. The second-order valence-electron chi connectivity index (χ2n) is 5.05. The quantitative estimate of drug-likeness (QED) is 0.624. The van der Waals surface area contributed by atoms with Crippen LogP contribution in [0.3, 0.4) is 0 Å². The van der Waals surface area contributed by atoms with E-state index < -0.39 is 0 Å². The number of hydrogen-bond donors (Lipinski definition) is 4. The van der Waals surface area contributed by atoms with Crippen LogP contribution in [0.2, 0.25) is 0 Å². The number of nitrogens with one attached hydrogen (secondary N) is 3. The Kier molecular flexibility index (Phi) is 3.69. The second kappa shape index (κ2) is 5.50. The molecule has 0 bridgehead atoms. The van der Waals surface area contributed by atoms with E-state index in [0.29, 0.717) is 22.4 Å². The number of halogens is 1. The van der Waals surface area contributed by atoms with Gasteiger partial charge in [-0.05, 0) is 40.5 Å². The van der Waals surface area contributed by atoms with Gasteiger partial charge in [0.1, 0.15) is 0 Å². The fraction of sp³-hybridized carbons (Fsp3) is 0.286. The summed E-state index contributed by atoms with van der Waals surface area (Å²) in [5, 5.41) is 22.9. The molecule has 0 fully saturated rings. The van der Waals surface area contributed by atoms with Crippen LogP contribution >= 0.6 is 15.9 Å². The molecule has 21 heavy (non-hydrogen) atoms. The lowest BCUT2D eigenvalue weighted by atomic mass is 10.1. The Hall–Kier alpha value is -1.86. The van der Waals surface area contributed by atoms with Gasteiger partial charge in [0.15, 0.2) is 11.4 Å². The number of aromatic amines is 1. The highest BCUT2D eigenvalue weighted by molar-refractivity contribution is 9.10. The number of benzene rings is 1. The summed E-state index contributed by atoms with van der Waals surface area (Å²) in [4.78, 5) is 12.4. The van der Waals surface area contributed by atoms with Gasteiger partial charge in [-0.1, -0.05) is 0 Å². The minimum Gasteiger partial charge on any atom is -0.505 e. The Labute approximate surface area is 130 Å². The van der Waals surface area contributed by atoms with Crippen molar-refractivity contribution >= 4 is 27.5 Å². The van der Waals surface area contributed by atoms with Crippen molar-refractivity contribution in [3.05, 3.63) is 39.1 Å². The summed E-state index contributed by atoms with van der Waals surface area (Å²) < 4.78 is 0.545. The zero-order valence-electron chi connectivity index (χ0n) is 11.5. The monoisotopic (exact) mass is 350 g/mol. The van der Waals surface area contributed by atoms with Gasteiger partial charge >= 0.3 is 0 Å². The number of rotatable bonds is 2. The second-order valence-corrected chi connectivity index (χ2v) is 5.91. The molecule has 0 atom stereocenters. The molecule has 0 saturated carbocycles. The van der Waals surface area contributed by atoms with Crippen molar-refractivity contribution in [2.45, 2.75) is 19.9 Å². The molecule has 0 unspecified atom stereocenters. The van der Waals surface area contributed by atoms with E-state index >= 15 is 0 Å². The molecular formula is C14H15BrN4O2. The van der Waals surface area contributed by atoms with Crippen LogP contribution in [0.5, 0.6) is 5.75 Å². The standard InChI is InChI=1S/C14H15BrN4O2/c1-7-4-9(15)13(20)11(5-7)17-14(21)12-8-6-16-3-2-10(8)18-19-12/h4-5,16,20H,2-3,6H2,1H3,(H,17,21)(H,18,19). The zero-order valence-corrected chi connectivity index (χ0v) is 13.0. The predicted octanol–water partition coefficient (Wildman–Crippen LogP) is 2.08. The molecular weight excluding hydrogens is 336 g/mol. The van der Waals surface area contributed by atoms with Crippen LogP contribution in [0.1, 0.15) is 27.3 Å². The smallest absolute Gasteiger partial charge is 0.276 e. The van der Waals surface area contributed by atoms with E-state index in [1.165, 1.54) is 0 Å². The molecule has 1 aromatic carbocycles. The lowest BCUT2D eigenvalue weighted by Crippen LogP contribution is -2.25. The maximum Gasteiger partial charge on any atom is 0.276 e. The highest BCUT2D eigenvalue weighted by Crippen LogP contribution is 2.33. The van der Waals surface area contributed by atoms with Crippen molar-refractivity contribution in [3.63, 3.8) is 0 Å². The van der Waals surface area contributed by atoms with Gasteiger partial charge in [0, 0.05) is 30.8 Å². The molecule has 2 aromatic rings. The first-order chi connectivity index (χ1) is 10.1. The molecule has 0 saturated heterocycles. The molecule has 1 amide bonds. The molecule has 110 valence electrons. The van der Waals surface area contributed by atoms with Gasteiger partial charge in [0.2, 0.25) is 0 Å². The minimum atomic E-state index is -0.330. The number of aryl methyl sites for hydroxylation is 1. The number of fused-ring (bicyclic) bond motifs is 1. The van der Waals surface area contributed by atoms with E-state index in [1.807, 2.05) is 6.92 Å². The molecule has 3 rings (SSSR count). The van der Waals surface area contributed by atoms with E-state index in [9.17, 15) is 9.90 Å². The predicted molar refractivity (Wildman–Crippen MR) is 82.5 cm³/mol. The first-order valence-electron chi connectivity index (χ1n) is 6.63. The first-order valence-corrected chi connectivity index (χ1v) is 7.43. The SMILES string of the molecule is Cc1cc(Br)c(O)c(NC(=O)c2n[nH]c3c2CNCC3)c1. The Morgan fingerprint density at radius 1 is 1.48 bits per heavy atom. The van der Waals surface area contributed by atoms with E-state index in [2.05, 4.69) is 36.8 Å². The largest absolute Gasteiger partial charge is 0.505 e. The zero-order chi connectivity index (χ0) is 15.0. The number of carbonyl (C=O) groups is 1. The topological polar surface area (TPSA) is 90.0 Å². The molecule has 1 aliphatic heterocycles. The molecule has 7 heteroatoms. The van der Waals surface area contributed by atoms with Gasteiger partial charge in [-0.2, -0.15) is 5.10 Å². The number of nitrogens with zero attached hydrogens (tertiary/aromatic N) is 1. The van der Waals surface area contributed by atoms with Crippen LogP contribution in [-0.2, 0) is 13.0 Å². The van der Waals surface area contributed by atoms with Gasteiger partial charge < -0.3 is 15.7 Å². The Balaban J connectivity index is 1.89. The fourth-order valence-corrected chi connectivity index (χ4v) is 3.00. The molecule has 0 spiro atoms. The normalized spacial score (nSPS) is 13.8. The number of phenolic OH excluding ortho intramolecular Hbond substituents is 1. The number of anilines is 1. The lowest BCUT2D eigenvalue weighted by molar-refractivity contribution is 0.102. The van der Waals surface area contributed by atoms with Crippen LogP contribution in [-0.4, -0.2) is 27.8 Å². The Morgan fingerprint density at radius 2 is 2.29 bits per heavy atom. The van der Waals surface area contributed by atoms with Crippen molar-refractivity contribution in [3.8, 4) is 5.75 Å². The molecule has 2 heterocycles. The summed E-state index contributed by atoms with van der Waals surface area (Å²) >= 11 is 3.26. The van der Waals surface area contributed by atoms with Crippen molar-refractivity contribution < 1.29 is 9.90 Å². The molecule has 1 aromatic heterocycles. The highest BCUT2D eigenvalue weighted by atomic mass is 79.9. The maximum absolute atomic E-state index is 12.4. The lowest BCUT2D eigenvalue weighted by Gasteiger charge is -2.13. The van der Waals surface area contributed by atoms with E-state index in [0.717, 1.165) is 29.8 Å². The van der Waals surface area contributed by atoms with Crippen LogP contribution in [0.15, 0.2) is 16.6 Å². The van der Waals surface area contributed by atoms with Gasteiger partial charge in [-0.15, -0.1) is 0 Å². The van der Waals surface area contributed by atoms with Gasteiger partial charge in [-0.3, -0.25) is 9.89 Å². The van der Waals surface area contributed by atoms with E-state index in [-0.39, 0.29) is 11.7 Å². The number of H-pyrrole nitrogens is 1. The number of hydrogen-bond acceptors (Lipinski definition) is 4. The molecule has 1 aliphatic rings. The Bertz CT molecular complexity index is 711. The van der Waals surface area contributed by atoms with E-state index in [4.69, 9.17) is 0 Å². The number of carbonyl (C=O) groups excluding carboxylic acids is 1. The molecule has 0 aliphatic carbocycles. The first kappa shape index (κ1) is 14.1. The summed E-state index contributed by atoms with van der Waals surface area (Å²) in [6, 6.07) is 3.50. The average Bonchev–Trinajstić information content (AvgIpc) is 2.88. The highest BCUT2D eigenvalue weighted by Gasteiger charge is 2.22. The average molecular weight is 351 g/mol. The number of aromatic hydroxyl groups is 1. The van der Waals surface area contributed by atoms with Crippen LogP contribution < -0.4 is 10.6 Å². The molecule has 4 N–H and O–H groups in total. The minimum absolute atomic E-state index is 0.0106. The maximum atomic E-state index is 12.4. The van der Waals surface area contributed by atoms with Crippen molar-refractivity contribution in [2.75, 3.05) is 11.9 Å². The van der Waals surface area contributed by atoms with Crippen molar-refractivity contribution in [2.24, 2.45) is 0 Å². The fourth-order valence-electron chi connectivity index (χ4n) is 2.42. The summed E-state index contributed by atoms with van der Waals surface area (Å²) in [5.74, 6) is -0.319. The van der Waals surface area contributed by atoms with Crippen molar-refractivity contribution in [1.82, 2.24) is 15.5 Å². The molecule has 0 radical (unpaired) electrons. The van der Waals surface area contributed by atoms with Crippen LogP contribution in [0.25, 0.3) is 0 Å². The number of amides is 1.